The van der Waals surface area contributed by atoms with Crippen molar-refractivity contribution in [1.29, 1.82) is 0 Å². The second kappa shape index (κ2) is 9.36. The molecule has 1 aliphatic heterocycles. The van der Waals surface area contributed by atoms with E-state index in [1.807, 2.05) is 37.3 Å². The zero-order chi connectivity index (χ0) is 23.5. The van der Waals surface area contributed by atoms with Gasteiger partial charge < -0.3 is 24.8 Å². The van der Waals surface area contributed by atoms with Crippen LogP contribution >= 0.6 is 0 Å². The molecule has 2 N–H and O–H groups in total. The molecule has 4 aromatic rings. The maximum Gasteiger partial charge on any atom is 0.251 e. The van der Waals surface area contributed by atoms with E-state index in [-0.39, 0.29) is 19.3 Å². The molecule has 10 nitrogen and oxygen atoms in total. The Morgan fingerprint density at radius 3 is 2.74 bits per heavy atom. The first-order chi connectivity index (χ1) is 16.6. The molecule has 34 heavy (non-hydrogen) atoms. The van der Waals surface area contributed by atoms with Crippen molar-refractivity contribution >= 4 is 22.8 Å². The Morgan fingerprint density at radius 1 is 1.09 bits per heavy atom. The predicted molar refractivity (Wildman–Crippen MR) is 125 cm³/mol. The molecule has 3 heterocycles. The van der Waals surface area contributed by atoms with E-state index < -0.39 is 0 Å². The van der Waals surface area contributed by atoms with E-state index in [0.717, 1.165) is 16.8 Å². The molecule has 174 valence electrons. The molecule has 5 rings (SSSR count). The number of ether oxygens (including phenoxy) is 3. The smallest absolute Gasteiger partial charge is 0.251 e. The number of hydrogen-bond donors (Lipinski definition) is 2. The minimum Gasteiger partial charge on any atom is -0.454 e. The fourth-order valence-electron chi connectivity index (χ4n) is 3.80. The lowest BCUT2D eigenvalue weighted by atomic mass is 10.2. The van der Waals surface area contributed by atoms with Gasteiger partial charge in [-0.25, -0.2) is 14.6 Å². The highest BCUT2D eigenvalue weighted by molar-refractivity contribution is 5.95. The molecule has 0 bridgehead atoms. The maximum absolute atomic E-state index is 12.5. The molecule has 1 aliphatic rings. The van der Waals surface area contributed by atoms with Crippen LogP contribution in [0.25, 0.3) is 16.7 Å². The molecule has 0 fully saturated rings. The number of aryl methyl sites for hydroxylation is 1. The van der Waals surface area contributed by atoms with Crippen LogP contribution in [0, 0.1) is 6.92 Å². The van der Waals surface area contributed by atoms with Crippen molar-refractivity contribution < 1.29 is 19.0 Å². The molecular formula is C24H24N6O4. The zero-order valence-corrected chi connectivity index (χ0v) is 18.9. The third-order valence-electron chi connectivity index (χ3n) is 5.36. The second-order valence-electron chi connectivity index (χ2n) is 7.70. The number of anilines is 1. The van der Waals surface area contributed by atoms with Crippen LogP contribution in [-0.4, -0.2) is 52.6 Å². The Hall–Kier alpha value is -4.18. The van der Waals surface area contributed by atoms with Crippen LogP contribution in [-0.2, 0) is 11.3 Å². The topological polar surface area (TPSA) is 112 Å². The Bertz CT molecular complexity index is 1340. The molecule has 2 aromatic carbocycles. The number of hydrogen-bond acceptors (Lipinski definition) is 8. The van der Waals surface area contributed by atoms with Crippen molar-refractivity contribution in [3.8, 4) is 17.2 Å². The fraction of sp³-hybridized carbons (Fsp3) is 0.250. The van der Waals surface area contributed by atoms with Gasteiger partial charge in [-0.3, -0.25) is 4.79 Å². The van der Waals surface area contributed by atoms with Crippen molar-refractivity contribution in [1.82, 2.24) is 25.1 Å². The summed E-state index contributed by atoms with van der Waals surface area (Å²) in [5.74, 6) is 2.21. The van der Waals surface area contributed by atoms with E-state index >= 15 is 0 Å². The van der Waals surface area contributed by atoms with Crippen LogP contribution in [0.15, 0.2) is 48.5 Å². The van der Waals surface area contributed by atoms with Crippen LogP contribution in [0.2, 0.25) is 0 Å². The summed E-state index contributed by atoms with van der Waals surface area (Å²) < 4.78 is 17.7. The first-order valence-electron chi connectivity index (χ1n) is 10.9. The van der Waals surface area contributed by atoms with Crippen molar-refractivity contribution in [3.05, 3.63) is 65.6 Å². The van der Waals surface area contributed by atoms with E-state index in [2.05, 4.69) is 25.7 Å². The Kier molecular flexibility index (Phi) is 5.96. The van der Waals surface area contributed by atoms with Crippen molar-refractivity contribution in [3.63, 3.8) is 0 Å². The number of nitrogens with zero attached hydrogens (tertiary/aromatic N) is 4. The quantitative estimate of drug-likeness (QED) is 0.386. The summed E-state index contributed by atoms with van der Waals surface area (Å²) in [5, 5.41) is 11.7. The van der Waals surface area contributed by atoms with Crippen LogP contribution in [0.5, 0.6) is 11.5 Å². The molecular weight excluding hydrogens is 436 g/mol. The van der Waals surface area contributed by atoms with Crippen LogP contribution in [0.4, 0.5) is 5.82 Å². The predicted octanol–water partition coefficient (Wildman–Crippen LogP) is 2.84. The third-order valence-corrected chi connectivity index (χ3v) is 5.36. The molecule has 0 saturated carbocycles. The highest BCUT2D eigenvalue weighted by Crippen LogP contribution is 2.32. The molecule has 2 aromatic heterocycles. The average molecular weight is 460 g/mol. The standard InChI is InChI=1S/C24H24N6O4/c1-15-21-22(25-10-11-26-24(31)16-8-9-18-19(12-16)34-14-33-18)27-20(13-32-2)28-23(21)30(29-15)17-6-4-3-5-7-17/h3-9,12H,10-11,13-14H2,1-2H3,(H,26,31)(H,25,27,28). The van der Waals surface area contributed by atoms with Gasteiger partial charge in [0, 0.05) is 25.8 Å². The van der Waals surface area contributed by atoms with Gasteiger partial charge in [-0.1, -0.05) is 18.2 Å². The number of amides is 1. The molecule has 0 atom stereocenters. The number of fused-ring (bicyclic) bond motifs is 2. The number of carbonyl (C=O) groups excluding carboxylic acids is 1. The van der Waals surface area contributed by atoms with Crippen molar-refractivity contribution in [2.45, 2.75) is 13.5 Å². The van der Waals surface area contributed by atoms with Crippen LogP contribution in [0.1, 0.15) is 21.9 Å². The molecule has 0 saturated heterocycles. The van der Waals surface area contributed by atoms with E-state index in [4.69, 9.17) is 14.2 Å². The minimum atomic E-state index is -0.193. The zero-order valence-electron chi connectivity index (χ0n) is 18.9. The number of aromatic nitrogens is 4. The molecule has 0 aliphatic carbocycles. The van der Waals surface area contributed by atoms with Gasteiger partial charge in [-0.2, -0.15) is 5.10 Å². The number of nitrogens with one attached hydrogen (secondary N) is 2. The number of benzene rings is 2. The SMILES string of the molecule is COCc1nc(NCCNC(=O)c2ccc3c(c2)OCO3)c2c(C)nn(-c3ccccc3)c2n1. The summed E-state index contributed by atoms with van der Waals surface area (Å²) in [4.78, 5) is 21.8. The van der Waals surface area contributed by atoms with Gasteiger partial charge in [-0.05, 0) is 37.3 Å². The number of carbonyl (C=O) groups is 1. The highest BCUT2D eigenvalue weighted by Gasteiger charge is 2.18. The Labute approximate surface area is 195 Å². The largest absolute Gasteiger partial charge is 0.454 e. The Morgan fingerprint density at radius 2 is 1.91 bits per heavy atom. The summed E-state index contributed by atoms with van der Waals surface area (Å²) >= 11 is 0. The van der Waals surface area contributed by atoms with Gasteiger partial charge in [0.1, 0.15) is 12.4 Å². The summed E-state index contributed by atoms with van der Waals surface area (Å²) in [6.45, 7) is 3.22. The number of rotatable bonds is 8. The minimum absolute atomic E-state index is 0.170. The van der Waals surface area contributed by atoms with Crippen LogP contribution < -0.4 is 20.1 Å². The van der Waals surface area contributed by atoms with E-state index in [0.29, 0.717) is 47.4 Å². The number of para-hydroxylation sites is 1. The van der Waals surface area contributed by atoms with Gasteiger partial charge in [0.15, 0.2) is 23.0 Å². The summed E-state index contributed by atoms with van der Waals surface area (Å²) in [6.07, 6.45) is 0. The average Bonchev–Trinajstić information content (AvgIpc) is 3.46. The lowest BCUT2D eigenvalue weighted by molar-refractivity contribution is 0.0954. The summed E-state index contributed by atoms with van der Waals surface area (Å²) in [7, 11) is 1.60. The normalized spacial score (nSPS) is 12.2. The number of methoxy groups -OCH3 is 1. The third kappa shape index (κ3) is 4.23. The molecule has 1 amide bonds. The van der Waals surface area contributed by atoms with Crippen molar-refractivity contribution in [2.24, 2.45) is 0 Å². The summed E-state index contributed by atoms with van der Waals surface area (Å²) in [5.41, 5.74) is 2.91. The van der Waals surface area contributed by atoms with Crippen molar-refractivity contribution in [2.75, 3.05) is 32.3 Å². The lowest BCUT2D eigenvalue weighted by Gasteiger charge is -2.11. The highest BCUT2D eigenvalue weighted by atomic mass is 16.7. The monoisotopic (exact) mass is 460 g/mol. The van der Waals surface area contributed by atoms with Crippen LogP contribution in [0.3, 0.4) is 0 Å². The lowest BCUT2D eigenvalue weighted by Crippen LogP contribution is -2.29. The second-order valence-corrected chi connectivity index (χ2v) is 7.70. The van der Waals surface area contributed by atoms with Gasteiger partial charge >= 0.3 is 0 Å². The molecule has 0 spiro atoms. The van der Waals surface area contributed by atoms with Gasteiger partial charge in [-0.15, -0.1) is 0 Å². The molecule has 0 unspecified atom stereocenters. The first-order valence-corrected chi connectivity index (χ1v) is 10.9. The molecule has 10 heteroatoms. The van der Waals surface area contributed by atoms with E-state index in [1.165, 1.54) is 0 Å². The van der Waals surface area contributed by atoms with E-state index in [1.54, 1.807) is 30.0 Å². The Balaban J connectivity index is 1.33. The first kappa shape index (κ1) is 21.7. The van der Waals surface area contributed by atoms with Gasteiger partial charge in [0.05, 0.1) is 16.8 Å². The maximum atomic E-state index is 12.5. The summed E-state index contributed by atoms with van der Waals surface area (Å²) in [6, 6.07) is 14.9. The van der Waals surface area contributed by atoms with Gasteiger partial charge in [0.2, 0.25) is 6.79 Å². The van der Waals surface area contributed by atoms with Gasteiger partial charge in [0.25, 0.3) is 5.91 Å². The fourth-order valence-corrected chi connectivity index (χ4v) is 3.80. The molecule has 0 radical (unpaired) electrons. The van der Waals surface area contributed by atoms with E-state index in [9.17, 15) is 4.79 Å².